The lowest BCUT2D eigenvalue weighted by molar-refractivity contribution is 0.677. The van der Waals surface area contributed by atoms with Gasteiger partial charge in [-0.1, -0.05) is 23.7 Å². The molecule has 20 heavy (non-hydrogen) atoms. The summed E-state index contributed by atoms with van der Waals surface area (Å²) in [4.78, 5) is 12.2. The fourth-order valence-corrected chi connectivity index (χ4v) is 2.25. The van der Waals surface area contributed by atoms with Crippen LogP contribution in [0.1, 0.15) is 5.56 Å². The summed E-state index contributed by atoms with van der Waals surface area (Å²) in [5.74, 6) is 0.651. The van der Waals surface area contributed by atoms with Crippen molar-refractivity contribution in [3.8, 4) is 11.4 Å². The van der Waals surface area contributed by atoms with Crippen molar-refractivity contribution in [2.45, 2.75) is 6.54 Å². The van der Waals surface area contributed by atoms with Crippen LogP contribution in [0.4, 0.5) is 0 Å². The molecule has 1 aromatic carbocycles. The highest BCUT2D eigenvalue weighted by molar-refractivity contribution is 7.71. The maximum absolute atomic E-state index is 5.97. The molecule has 100 valence electrons. The molecule has 3 aromatic rings. The van der Waals surface area contributed by atoms with Gasteiger partial charge >= 0.3 is 0 Å². The van der Waals surface area contributed by atoms with E-state index < -0.39 is 0 Å². The molecular weight excluding hydrogens is 294 g/mol. The van der Waals surface area contributed by atoms with Crippen molar-refractivity contribution in [2.75, 3.05) is 0 Å². The minimum atomic E-state index is 0.476. The predicted octanol–water partition coefficient (Wildman–Crippen LogP) is 3.10. The minimum absolute atomic E-state index is 0.476. The molecular formula is C13H10ClN5S. The standard InChI is InChI=1S/C13H10ClN5S/c14-11-3-1-2-9(4-11)7-19-13(20)17-12(18-19)10-5-15-8-16-6-10/h1-6,8H,7H2,(H,17,18,20). The average molecular weight is 304 g/mol. The Morgan fingerprint density at radius 3 is 2.80 bits per heavy atom. The van der Waals surface area contributed by atoms with Crippen molar-refractivity contribution in [3.63, 3.8) is 0 Å². The number of H-pyrrole nitrogens is 1. The quantitative estimate of drug-likeness (QED) is 0.755. The van der Waals surface area contributed by atoms with E-state index >= 15 is 0 Å². The summed E-state index contributed by atoms with van der Waals surface area (Å²) in [6, 6.07) is 7.63. The second-order valence-electron chi connectivity index (χ2n) is 4.20. The third-order valence-corrected chi connectivity index (χ3v) is 3.29. The Morgan fingerprint density at radius 1 is 1.25 bits per heavy atom. The topological polar surface area (TPSA) is 59.4 Å². The third-order valence-electron chi connectivity index (χ3n) is 2.74. The molecule has 0 aliphatic heterocycles. The van der Waals surface area contributed by atoms with Crippen LogP contribution in [0.25, 0.3) is 11.4 Å². The van der Waals surface area contributed by atoms with Gasteiger partial charge in [-0.2, -0.15) is 4.98 Å². The summed E-state index contributed by atoms with van der Waals surface area (Å²) in [7, 11) is 0. The second kappa shape index (κ2) is 5.52. The van der Waals surface area contributed by atoms with Crippen LogP contribution in [-0.2, 0) is 6.54 Å². The van der Waals surface area contributed by atoms with Gasteiger partial charge in [0.1, 0.15) is 6.33 Å². The number of rotatable bonds is 3. The molecule has 0 aliphatic rings. The largest absolute Gasteiger partial charge is 0.279 e. The summed E-state index contributed by atoms with van der Waals surface area (Å²) >= 11 is 11.2. The first-order valence-electron chi connectivity index (χ1n) is 5.89. The van der Waals surface area contributed by atoms with Gasteiger partial charge in [0.05, 0.1) is 12.1 Å². The molecule has 5 nitrogen and oxygen atoms in total. The zero-order valence-corrected chi connectivity index (χ0v) is 11.9. The van der Waals surface area contributed by atoms with E-state index in [2.05, 4.69) is 20.1 Å². The molecule has 0 saturated carbocycles. The number of benzene rings is 1. The van der Waals surface area contributed by atoms with Crippen LogP contribution in [0, 0.1) is 4.77 Å². The molecule has 2 heterocycles. The fraction of sp³-hybridized carbons (Fsp3) is 0.0769. The van der Waals surface area contributed by atoms with Crippen LogP contribution in [0.3, 0.4) is 0 Å². The molecule has 3 rings (SSSR count). The van der Waals surface area contributed by atoms with E-state index in [1.54, 1.807) is 17.1 Å². The van der Waals surface area contributed by atoms with Gasteiger partial charge in [0.25, 0.3) is 0 Å². The molecule has 0 atom stereocenters. The molecule has 0 radical (unpaired) electrons. The molecule has 0 aliphatic carbocycles. The number of halogens is 1. The number of nitrogens with zero attached hydrogens (tertiary/aromatic N) is 4. The highest BCUT2D eigenvalue weighted by atomic mass is 35.5. The van der Waals surface area contributed by atoms with E-state index in [4.69, 9.17) is 23.8 Å². The van der Waals surface area contributed by atoms with Crippen molar-refractivity contribution in [1.29, 1.82) is 0 Å². The van der Waals surface area contributed by atoms with Gasteiger partial charge in [-0.3, -0.25) is 9.78 Å². The van der Waals surface area contributed by atoms with Crippen molar-refractivity contribution in [2.24, 2.45) is 0 Å². The molecule has 2 aromatic heterocycles. The number of hydrogen-bond acceptors (Lipinski definition) is 4. The molecule has 0 spiro atoms. The molecule has 0 unspecified atom stereocenters. The van der Waals surface area contributed by atoms with E-state index in [0.717, 1.165) is 11.1 Å². The van der Waals surface area contributed by atoms with Gasteiger partial charge < -0.3 is 0 Å². The Morgan fingerprint density at radius 2 is 2.05 bits per heavy atom. The highest BCUT2D eigenvalue weighted by Crippen LogP contribution is 2.14. The van der Waals surface area contributed by atoms with E-state index in [1.807, 2.05) is 24.3 Å². The average Bonchev–Trinajstić information content (AvgIpc) is 2.81. The fourth-order valence-electron chi connectivity index (χ4n) is 1.83. The van der Waals surface area contributed by atoms with Crippen molar-refractivity contribution in [1.82, 2.24) is 24.7 Å². The zero-order valence-electron chi connectivity index (χ0n) is 10.3. The second-order valence-corrected chi connectivity index (χ2v) is 5.00. The number of aromatic nitrogens is 5. The van der Waals surface area contributed by atoms with Gasteiger partial charge in [0, 0.05) is 17.4 Å². The van der Waals surface area contributed by atoms with Crippen molar-refractivity contribution >= 4 is 23.8 Å². The Labute approximate surface area is 125 Å². The lowest BCUT2D eigenvalue weighted by atomic mass is 10.2. The molecule has 0 fully saturated rings. The van der Waals surface area contributed by atoms with Gasteiger partial charge in [0.15, 0.2) is 5.82 Å². The SMILES string of the molecule is S=c1nc(-c2cncnc2)[nH]n1Cc1cccc(Cl)c1. The maximum Gasteiger partial charge on any atom is 0.216 e. The van der Waals surface area contributed by atoms with E-state index in [1.165, 1.54) is 6.33 Å². The first-order valence-corrected chi connectivity index (χ1v) is 6.68. The predicted molar refractivity (Wildman–Crippen MR) is 79.0 cm³/mol. The molecule has 0 amide bonds. The van der Waals surface area contributed by atoms with E-state index in [-0.39, 0.29) is 0 Å². The zero-order chi connectivity index (χ0) is 13.9. The van der Waals surface area contributed by atoms with Crippen LogP contribution in [0.5, 0.6) is 0 Å². The number of nitrogens with one attached hydrogen (secondary N) is 1. The minimum Gasteiger partial charge on any atom is -0.279 e. The van der Waals surface area contributed by atoms with Crippen LogP contribution in [0.2, 0.25) is 5.02 Å². The van der Waals surface area contributed by atoms with Gasteiger partial charge in [-0.15, -0.1) is 0 Å². The molecule has 0 bridgehead atoms. The van der Waals surface area contributed by atoms with Crippen LogP contribution >= 0.6 is 23.8 Å². The monoisotopic (exact) mass is 303 g/mol. The molecule has 0 saturated heterocycles. The number of hydrogen-bond donors (Lipinski definition) is 1. The molecule has 7 heteroatoms. The normalized spacial score (nSPS) is 10.7. The van der Waals surface area contributed by atoms with Crippen LogP contribution in [0.15, 0.2) is 43.0 Å². The lowest BCUT2D eigenvalue weighted by Crippen LogP contribution is -2.01. The highest BCUT2D eigenvalue weighted by Gasteiger charge is 2.06. The maximum atomic E-state index is 5.97. The summed E-state index contributed by atoms with van der Waals surface area (Å²) < 4.78 is 2.26. The summed E-state index contributed by atoms with van der Waals surface area (Å²) in [5.41, 5.74) is 1.84. The van der Waals surface area contributed by atoms with Crippen LogP contribution < -0.4 is 0 Å². The third kappa shape index (κ3) is 2.76. The Kier molecular flexibility index (Phi) is 3.58. The smallest absolute Gasteiger partial charge is 0.216 e. The Hall–Kier alpha value is -2.05. The van der Waals surface area contributed by atoms with Gasteiger partial charge in [-0.05, 0) is 29.9 Å². The van der Waals surface area contributed by atoms with E-state index in [0.29, 0.717) is 22.2 Å². The lowest BCUT2D eigenvalue weighted by Gasteiger charge is -2.03. The summed E-state index contributed by atoms with van der Waals surface area (Å²) in [6.07, 6.45) is 4.84. The van der Waals surface area contributed by atoms with Crippen molar-refractivity contribution < 1.29 is 0 Å². The molecule has 1 N–H and O–H groups in total. The first kappa shape index (κ1) is 13.0. The van der Waals surface area contributed by atoms with Gasteiger partial charge in [-0.25, -0.2) is 9.97 Å². The number of aromatic amines is 1. The Bertz CT molecular complexity index is 781. The first-order chi connectivity index (χ1) is 9.72. The summed E-state index contributed by atoms with van der Waals surface area (Å²) in [6.45, 7) is 0.583. The van der Waals surface area contributed by atoms with Crippen molar-refractivity contribution in [3.05, 3.63) is 58.3 Å². The van der Waals surface area contributed by atoms with E-state index in [9.17, 15) is 0 Å². The van der Waals surface area contributed by atoms with Gasteiger partial charge in [0.2, 0.25) is 4.77 Å². The Balaban J connectivity index is 1.92. The van der Waals surface area contributed by atoms with Crippen LogP contribution in [-0.4, -0.2) is 24.7 Å². The summed E-state index contributed by atoms with van der Waals surface area (Å²) in [5, 5.41) is 3.84.